The summed E-state index contributed by atoms with van der Waals surface area (Å²) < 4.78 is 11.1. The first-order chi connectivity index (χ1) is 10.6. The zero-order valence-corrected chi connectivity index (χ0v) is 13.0. The van der Waals surface area contributed by atoms with Crippen LogP contribution in [0.3, 0.4) is 0 Å². The smallest absolute Gasteiger partial charge is 0.120 e. The molecule has 0 bridgehead atoms. The van der Waals surface area contributed by atoms with Crippen LogP contribution in [0.2, 0.25) is 5.02 Å². The molecule has 1 heterocycles. The van der Waals surface area contributed by atoms with Crippen molar-refractivity contribution in [3.63, 3.8) is 0 Å². The Labute approximate surface area is 135 Å². The first kappa shape index (κ1) is 15.8. The fourth-order valence-electron chi connectivity index (χ4n) is 3.35. The van der Waals surface area contributed by atoms with Gasteiger partial charge in [-0.2, -0.15) is 0 Å². The summed E-state index contributed by atoms with van der Waals surface area (Å²) in [5.74, 6) is 1.06. The van der Waals surface area contributed by atoms with Gasteiger partial charge in [0, 0.05) is 24.0 Å². The summed E-state index contributed by atoms with van der Waals surface area (Å²) in [7, 11) is 0. The third-order valence-corrected chi connectivity index (χ3v) is 4.68. The van der Waals surface area contributed by atoms with E-state index in [4.69, 9.17) is 21.1 Å². The van der Waals surface area contributed by atoms with E-state index < -0.39 is 6.10 Å². The maximum absolute atomic E-state index is 10.1. The fraction of sp³-hybridized carbons (Fsp3) is 0.529. The van der Waals surface area contributed by atoms with Gasteiger partial charge in [-0.05, 0) is 30.5 Å². The van der Waals surface area contributed by atoms with E-state index in [9.17, 15) is 10.2 Å². The Bertz CT molecular complexity index is 533. The van der Waals surface area contributed by atoms with Crippen LogP contribution in [-0.4, -0.2) is 41.7 Å². The molecule has 5 heteroatoms. The van der Waals surface area contributed by atoms with Crippen LogP contribution in [0.5, 0.6) is 5.75 Å². The third kappa shape index (κ3) is 3.63. The summed E-state index contributed by atoms with van der Waals surface area (Å²) in [6.45, 7) is 0.928. The van der Waals surface area contributed by atoms with E-state index in [1.165, 1.54) is 0 Å². The molecule has 2 fully saturated rings. The quantitative estimate of drug-likeness (QED) is 0.817. The molecule has 5 atom stereocenters. The highest BCUT2D eigenvalue weighted by Crippen LogP contribution is 2.41. The topological polar surface area (TPSA) is 58.9 Å². The van der Waals surface area contributed by atoms with Crippen LogP contribution >= 0.6 is 11.6 Å². The molecule has 3 rings (SSSR count). The average molecular weight is 325 g/mol. The molecule has 4 nitrogen and oxygen atoms in total. The third-order valence-electron chi connectivity index (χ3n) is 4.45. The molecule has 1 aliphatic heterocycles. The van der Waals surface area contributed by atoms with Gasteiger partial charge in [0.25, 0.3) is 0 Å². The summed E-state index contributed by atoms with van der Waals surface area (Å²) in [4.78, 5) is 0. The molecule has 0 spiro atoms. The van der Waals surface area contributed by atoms with Crippen molar-refractivity contribution in [2.24, 2.45) is 11.8 Å². The van der Waals surface area contributed by atoms with Crippen LogP contribution < -0.4 is 4.74 Å². The van der Waals surface area contributed by atoms with E-state index in [0.29, 0.717) is 23.1 Å². The molecule has 2 N–H and O–H groups in total. The molecule has 1 aliphatic carbocycles. The highest BCUT2D eigenvalue weighted by Gasteiger charge is 2.44. The molecule has 1 aromatic carbocycles. The maximum atomic E-state index is 10.1. The van der Waals surface area contributed by atoms with Gasteiger partial charge in [0.1, 0.15) is 18.5 Å². The van der Waals surface area contributed by atoms with Gasteiger partial charge in [0.05, 0.1) is 12.2 Å². The lowest BCUT2D eigenvalue weighted by molar-refractivity contribution is 0.0805. The van der Waals surface area contributed by atoms with E-state index in [1.807, 2.05) is 6.08 Å². The van der Waals surface area contributed by atoms with Crippen molar-refractivity contribution in [3.8, 4) is 5.75 Å². The molecule has 2 aliphatic rings. The van der Waals surface area contributed by atoms with E-state index in [2.05, 4.69) is 0 Å². The lowest BCUT2D eigenvalue weighted by Gasteiger charge is -2.16. The Morgan fingerprint density at radius 3 is 3.14 bits per heavy atom. The number of ether oxygens (including phenoxy) is 2. The van der Waals surface area contributed by atoms with Crippen LogP contribution in [0.25, 0.3) is 0 Å². The molecular weight excluding hydrogens is 304 g/mol. The van der Waals surface area contributed by atoms with Gasteiger partial charge in [-0.1, -0.05) is 29.8 Å². The van der Waals surface area contributed by atoms with Crippen molar-refractivity contribution >= 4 is 11.6 Å². The first-order valence-electron chi connectivity index (χ1n) is 7.68. The zero-order chi connectivity index (χ0) is 15.5. The monoisotopic (exact) mass is 324 g/mol. The molecule has 120 valence electrons. The fourth-order valence-corrected chi connectivity index (χ4v) is 3.53. The van der Waals surface area contributed by atoms with Crippen molar-refractivity contribution in [1.82, 2.24) is 0 Å². The summed E-state index contributed by atoms with van der Waals surface area (Å²) in [6, 6.07) is 7.07. The van der Waals surface area contributed by atoms with E-state index >= 15 is 0 Å². The summed E-state index contributed by atoms with van der Waals surface area (Å²) in [6.07, 6.45) is 4.36. The van der Waals surface area contributed by atoms with Crippen LogP contribution in [0, 0.1) is 11.8 Å². The highest BCUT2D eigenvalue weighted by atomic mass is 35.5. The number of fused-ring (bicyclic) bond motifs is 1. The second-order valence-corrected chi connectivity index (χ2v) is 6.40. The maximum Gasteiger partial charge on any atom is 0.120 e. The number of aliphatic hydroxyl groups is 2. The SMILES string of the molecule is O[C@H](/C=C/[C@@H]1[C@H]2CCO[C@H]2C[C@H]1O)COc1cccc(Cl)c1. The Balaban J connectivity index is 1.51. The van der Waals surface area contributed by atoms with Gasteiger partial charge in [0.15, 0.2) is 0 Å². The van der Waals surface area contributed by atoms with Crippen LogP contribution in [0.4, 0.5) is 0 Å². The number of hydrogen-bond acceptors (Lipinski definition) is 4. The van der Waals surface area contributed by atoms with Crippen LogP contribution in [0.15, 0.2) is 36.4 Å². The molecule has 1 saturated carbocycles. The second kappa shape index (κ2) is 7.01. The summed E-state index contributed by atoms with van der Waals surface area (Å²) in [5, 5.41) is 20.7. The van der Waals surface area contributed by atoms with Crippen LogP contribution in [0.1, 0.15) is 12.8 Å². The van der Waals surface area contributed by atoms with Gasteiger partial charge in [0.2, 0.25) is 0 Å². The molecule has 1 aromatic rings. The van der Waals surface area contributed by atoms with Crippen molar-refractivity contribution in [2.45, 2.75) is 31.2 Å². The molecule has 0 amide bonds. The number of aliphatic hydroxyl groups excluding tert-OH is 2. The molecule has 1 saturated heterocycles. The predicted molar refractivity (Wildman–Crippen MR) is 84.1 cm³/mol. The van der Waals surface area contributed by atoms with Crippen molar-refractivity contribution in [2.75, 3.05) is 13.2 Å². The number of rotatable bonds is 5. The summed E-state index contributed by atoms with van der Waals surface area (Å²) >= 11 is 5.88. The van der Waals surface area contributed by atoms with Gasteiger partial charge < -0.3 is 19.7 Å². The molecule has 22 heavy (non-hydrogen) atoms. The lowest BCUT2D eigenvalue weighted by Crippen LogP contribution is -2.20. The Hall–Kier alpha value is -1.07. The van der Waals surface area contributed by atoms with Gasteiger partial charge in [-0.25, -0.2) is 0 Å². The number of benzene rings is 1. The normalized spacial score (nSPS) is 32.3. The minimum absolute atomic E-state index is 0.0633. The van der Waals surface area contributed by atoms with Gasteiger partial charge >= 0.3 is 0 Å². The van der Waals surface area contributed by atoms with Gasteiger partial charge in [-0.15, -0.1) is 0 Å². The number of hydrogen-bond donors (Lipinski definition) is 2. The average Bonchev–Trinajstić information content (AvgIpc) is 3.04. The van der Waals surface area contributed by atoms with Crippen LogP contribution in [-0.2, 0) is 4.74 Å². The Morgan fingerprint density at radius 1 is 1.45 bits per heavy atom. The minimum atomic E-state index is -0.715. The highest BCUT2D eigenvalue weighted by molar-refractivity contribution is 6.30. The van der Waals surface area contributed by atoms with E-state index in [1.54, 1.807) is 30.3 Å². The number of halogens is 1. The standard InChI is InChI=1S/C17H21ClO4/c18-11-2-1-3-13(8-11)22-10-12(19)4-5-14-15-6-7-21-17(15)9-16(14)20/h1-5,8,12,14-17,19-20H,6-7,9-10H2/b5-4+/t12-,14-,15-,16-,17+/m1/s1. The largest absolute Gasteiger partial charge is 0.491 e. The Kier molecular flexibility index (Phi) is 5.03. The zero-order valence-electron chi connectivity index (χ0n) is 12.3. The van der Waals surface area contributed by atoms with Crippen molar-refractivity contribution in [1.29, 1.82) is 0 Å². The minimum Gasteiger partial charge on any atom is -0.491 e. The molecule has 0 unspecified atom stereocenters. The molecule has 0 radical (unpaired) electrons. The van der Waals surface area contributed by atoms with Crippen molar-refractivity contribution in [3.05, 3.63) is 41.4 Å². The molecular formula is C17H21ClO4. The first-order valence-corrected chi connectivity index (χ1v) is 8.05. The Morgan fingerprint density at radius 2 is 2.32 bits per heavy atom. The van der Waals surface area contributed by atoms with E-state index in [-0.39, 0.29) is 24.7 Å². The van der Waals surface area contributed by atoms with Crippen molar-refractivity contribution < 1.29 is 19.7 Å². The predicted octanol–water partition coefficient (Wildman–Crippen LogP) is 2.42. The van der Waals surface area contributed by atoms with Gasteiger partial charge in [-0.3, -0.25) is 0 Å². The summed E-state index contributed by atoms with van der Waals surface area (Å²) in [5.41, 5.74) is 0. The molecule has 0 aromatic heterocycles. The lowest BCUT2D eigenvalue weighted by atomic mass is 9.91. The second-order valence-electron chi connectivity index (χ2n) is 5.96. The van der Waals surface area contributed by atoms with E-state index in [0.717, 1.165) is 13.0 Å².